The zero-order valence-corrected chi connectivity index (χ0v) is 4.81. The van der Waals surface area contributed by atoms with E-state index in [1.807, 2.05) is 0 Å². The summed E-state index contributed by atoms with van der Waals surface area (Å²) in [5.41, 5.74) is 0. The van der Waals surface area contributed by atoms with Gasteiger partial charge in [0.05, 0.1) is 0 Å². The first-order valence-electron chi connectivity index (χ1n) is 2.18. The van der Waals surface area contributed by atoms with Crippen LogP contribution in [-0.4, -0.2) is 24.3 Å². The maximum absolute atomic E-state index is 11.3. The number of hydrogen-bond donors (Lipinski definition) is 1. The third-order valence-corrected chi connectivity index (χ3v) is 0.589. The highest BCUT2D eigenvalue weighted by molar-refractivity contribution is 4.53. The fraction of sp³-hybridized carbons (Fsp3) is 1.00. The first kappa shape index (κ1) is 10.5. The van der Waals surface area contributed by atoms with E-state index >= 15 is 0 Å². The summed E-state index contributed by atoms with van der Waals surface area (Å²) < 4.78 is 59.0. The van der Waals surface area contributed by atoms with Crippen LogP contribution < -0.4 is 0 Å². The highest BCUT2D eigenvalue weighted by atomic mass is 19.4. The Bertz CT molecular complexity index is 112. The third kappa shape index (κ3) is 4.06. The van der Waals surface area contributed by atoms with Crippen molar-refractivity contribution in [3.63, 3.8) is 0 Å². The average Bonchev–Trinajstić information content (AvgIpc) is 1.79. The van der Waals surface area contributed by atoms with Crippen LogP contribution in [0.4, 0.5) is 22.0 Å². The fourth-order valence-corrected chi connectivity index (χ4v) is 0.255. The molecule has 68 valence electrons. The Morgan fingerprint density at radius 3 is 1.73 bits per heavy atom. The summed E-state index contributed by atoms with van der Waals surface area (Å²) in [4.78, 5) is 2.60. The molecule has 0 saturated heterocycles. The van der Waals surface area contributed by atoms with E-state index in [9.17, 15) is 22.0 Å². The van der Waals surface area contributed by atoms with Gasteiger partial charge in [-0.3, -0.25) is 4.74 Å². The molecule has 0 radical (unpaired) electrons. The SMILES string of the molecule is OOC(OC(F)F)C(F)(F)F. The van der Waals surface area contributed by atoms with Gasteiger partial charge in [-0.25, -0.2) is 5.26 Å². The maximum atomic E-state index is 11.3. The van der Waals surface area contributed by atoms with E-state index in [1.165, 1.54) is 0 Å². The van der Waals surface area contributed by atoms with Crippen LogP contribution in [0.15, 0.2) is 0 Å². The van der Waals surface area contributed by atoms with Crippen molar-refractivity contribution >= 4 is 0 Å². The molecule has 0 saturated carbocycles. The second kappa shape index (κ2) is 3.79. The van der Waals surface area contributed by atoms with Gasteiger partial charge in [0.1, 0.15) is 0 Å². The van der Waals surface area contributed by atoms with E-state index in [2.05, 4.69) is 9.62 Å². The maximum Gasteiger partial charge on any atom is 0.443 e. The van der Waals surface area contributed by atoms with Crippen molar-refractivity contribution in [2.75, 3.05) is 0 Å². The van der Waals surface area contributed by atoms with Crippen molar-refractivity contribution in [2.24, 2.45) is 0 Å². The Morgan fingerprint density at radius 2 is 1.64 bits per heavy atom. The monoisotopic (exact) mass is 182 g/mol. The molecular weight excluding hydrogens is 179 g/mol. The van der Waals surface area contributed by atoms with Gasteiger partial charge in [0.15, 0.2) is 0 Å². The van der Waals surface area contributed by atoms with E-state index < -0.39 is 19.1 Å². The molecule has 1 atom stereocenters. The van der Waals surface area contributed by atoms with Gasteiger partial charge in [-0.2, -0.15) is 26.8 Å². The van der Waals surface area contributed by atoms with Crippen molar-refractivity contribution in [1.29, 1.82) is 0 Å². The minimum atomic E-state index is -5.18. The normalized spacial score (nSPS) is 15.5. The van der Waals surface area contributed by atoms with E-state index in [1.54, 1.807) is 0 Å². The standard InChI is InChI=1S/C3H3F5O3/c4-2(5)10-1(11-9)3(6,7)8/h1-2,9H. The first-order valence-corrected chi connectivity index (χ1v) is 2.18. The molecule has 0 amide bonds. The van der Waals surface area contributed by atoms with Gasteiger partial charge in [-0.05, 0) is 0 Å². The van der Waals surface area contributed by atoms with Crippen LogP contribution in [0.5, 0.6) is 0 Å². The lowest BCUT2D eigenvalue weighted by molar-refractivity contribution is -0.440. The Kier molecular flexibility index (Phi) is 3.63. The minimum absolute atomic E-state index is 2.60. The minimum Gasteiger partial charge on any atom is -0.281 e. The van der Waals surface area contributed by atoms with Crippen LogP contribution in [0.1, 0.15) is 0 Å². The van der Waals surface area contributed by atoms with Gasteiger partial charge in [0, 0.05) is 0 Å². The summed E-state index contributed by atoms with van der Waals surface area (Å²) in [6.07, 6.45) is -8.48. The summed E-state index contributed by atoms with van der Waals surface area (Å²) in [5, 5.41) is 7.43. The second-order valence-electron chi connectivity index (χ2n) is 1.38. The highest BCUT2D eigenvalue weighted by Crippen LogP contribution is 2.24. The number of halogens is 5. The highest BCUT2D eigenvalue weighted by Gasteiger charge is 2.44. The second-order valence-corrected chi connectivity index (χ2v) is 1.38. The number of ether oxygens (including phenoxy) is 1. The molecule has 1 unspecified atom stereocenters. The predicted molar refractivity (Wildman–Crippen MR) is 20.6 cm³/mol. The molecule has 0 spiro atoms. The quantitative estimate of drug-likeness (QED) is 0.312. The zero-order valence-electron chi connectivity index (χ0n) is 4.81. The summed E-state index contributed by atoms with van der Waals surface area (Å²) in [7, 11) is 0. The topological polar surface area (TPSA) is 38.7 Å². The molecule has 11 heavy (non-hydrogen) atoms. The van der Waals surface area contributed by atoms with E-state index in [4.69, 9.17) is 5.26 Å². The Morgan fingerprint density at radius 1 is 1.18 bits per heavy atom. The van der Waals surface area contributed by atoms with Gasteiger partial charge < -0.3 is 0 Å². The molecule has 0 heterocycles. The molecule has 3 nitrogen and oxygen atoms in total. The van der Waals surface area contributed by atoms with Crippen molar-refractivity contribution in [3.8, 4) is 0 Å². The molecule has 0 bridgehead atoms. The van der Waals surface area contributed by atoms with Crippen molar-refractivity contribution in [2.45, 2.75) is 19.1 Å². The molecule has 0 aliphatic heterocycles. The summed E-state index contributed by atoms with van der Waals surface area (Å²) in [5.74, 6) is 0. The lowest BCUT2D eigenvalue weighted by atomic mass is 10.6. The zero-order chi connectivity index (χ0) is 9.07. The van der Waals surface area contributed by atoms with Crippen LogP contribution in [0.3, 0.4) is 0 Å². The largest absolute Gasteiger partial charge is 0.443 e. The van der Waals surface area contributed by atoms with Crippen LogP contribution in [-0.2, 0) is 9.62 Å². The van der Waals surface area contributed by atoms with Crippen LogP contribution >= 0.6 is 0 Å². The third-order valence-electron chi connectivity index (χ3n) is 0.589. The Labute approximate surface area is 57.2 Å². The van der Waals surface area contributed by atoms with Gasteiger partial charge in [0.2, 0.25) is 0 Å². The molecule has 0 aliphatic carbocycles. The fourth-order valence-electron chi connectivity index (χ4n) is 0.255. The van der Waals surface area contributed by atoms with E-state index in [-0.39, 0.29) is 0 Å². The van der Waals surface area contributed by atoms with E-state index in [0.717, 1.165) is 0 Å². The van der Waals surface area contributed by atoms with Crippen LogP contribution in [0, 0.1) is 0 Å². The lowest BCUT2D eigenvalue weighted by Crippen LogP contribution is -2.34. The molecule has 0 fully saturated rings. The molecule has 1 N–H and O–H groups in total. The molecule has 0 aliphatic rings. The van der Waals surface area contributed by atoms with Gasteiger partial charge in [-0.15, -0.1) is 0 Å². The molecular formula is C3H3F5O3. The first-order chi connectivity index (χ1) is 4.88. The molecule has 0 aromatic heterocycles. The van der Waals surface area contributed by atoms with Crippen LogP contribution in [0.2, 0.25) is 0 Å². The van der Waals surface area contributed by atoms with Crippen LogP contribution in [0.25, 0.3) is 0 Å². The summed E-state index contributed by atoms with van der Waals surface area (Å²) in [6.45, 7) is -3.66. The number of alkyl halides is 5. The van der Waals surface area contributed by atoms with Gasteiger partial charge >= 0.3 is 12.8 Å². The smallest absolute Gasteiger partial charge is 0.281 e. The lowest BCUT2D eigenvalue weighted by Gasteiger charge is -2.15. The van der Waals surface area contributed by atoms with E-state index in [0.29, 0.717) is 0 Å². The summed E-state index contributed by atoms with van der Waals surface area (Å²) >= 11 is 0. The number of hydrogen-bond acceptors (Lipinski definition) is 3. The Balaban J connectivity index is 3.96. The predicted octanol–water partition coefficient (Wildman–Crippen LogP) is 1.60. The van der Waals surface area contributed by atoms with Crippen molar-refractivity contribution < 1.29 is 36.8 Å². The van der Waals surface area contributed by atoms with Gasteiger partial charge in [-0.1, -0.05) is 0 Å². The molecule has 0 aromatic rings. The van der Waals surface area contributed by atoms with Crippen molar-refractivity contribution in [1.82, 2.24) is 0 Å². The van der Waals surface area contributed by atoms with Crippen molar-refractivity contribution in [3.05, 3.63) is 0 Å². The van der Waals surface area contributed by atoms with Gasteiger partial charge in [0.25, 0.3) is 6.29 Å². The number of rotatable bonds is 3. The summed E-state index contributed by atoms with van der Waals surface area (Å²) in [6, 6.07) is 0. The molecule has 0 aromatic carbocycles. The average molecular weight is 182 g/mol. The molecule has 8 heteroatoms. The molecule has 0 rings (SSSR count). The Hall–Kier alpha value is -0.470.